The van der Waals surface area contributed by atoms with Gasteiger partial charge in [0.2, 0.25) is 0 Å². The Balaban J connectivity index is 2.84. The van der Waals surface area contributed by atoms with Crippen molar-refractivity contribution in [3.05, 3.63) is 29.3 Å². The first-order valence-corrected chi connectivity index (χ1v) is 6.51. The largest absolute Gasteiger partial charge is 0.496 e. The predicted molar refractivity (Wildman–Crippen MR) is 77.8 cm³/mol. The number of benzene rings is 1. The van der Waals surface area contributed by atoms with Crippen molar-refractivity contribution in [2.75, 3.05) is 20.7 Å². The van der Waals surface area contributed by atoms with E-state index in [-0.39, 0.29) is 5.24 Å². The summed E-state index contributed by atoms with van der Waals surface area (Å²) >= 11 is 3.80. The van der Waals surface area contributed by atoms with Crippen LogP contribution in [0.3, 0.4) is 0 Å². The van der Waals surface area contributed by atoms with Crippen LogP contribution in [0.15, 0.2) is 18.2 Å². The van der Waals surface area contributed by atoms with E-state index < -0.39 is 0 Å². The molecule has 1 aromatic rings. The lowest BCUT2D eigenvalue weighted by atomic mass is 9.99. The second-order valence-electron chi connectivity index (χ2n) is 4.68. The van der Waals surface area contributed by atoms with Crippen molar-refractivity contribution in [1.29, 1.82) is 0 Å². The third-order valence-electron chi connectivity index (χ3n) is 3.01. The van der Waals surface area contributed by atoms with Crippen LogP contribution in [0.1, 0.15) is 30.9 Å². The summed E-state index contributed by atoms with van der Waals surface area (Å²) in [5.41, 5.74) is 2.41. The summed E-state index contributed by atoms with van der Waals surface area (Å²) in [5.74, 6) is 1.36. The highest BCUT2D eigenvalue weighted by molar-refractivity contribution is 7.96. The van der Waals surface area contributed by atoms with E-state index >= 15 is 0 Å². The van der Waals surface area contributed by atoms with Gasteiger partial charge in [-0.3, -0.25) is 4.79 Å². The molecule has 0 saturated carbocycles. The standard InChI is InChI=1S/C14H21NO2S/c1-10(2)11-5-6-13(17-4)12(9-11)7-8-15(3)14(16)18/h5-6,9-10H,7-8H2,1-4H3,(H,16,18). The Morgan fingerprint density at radius 1 is 1.44 bits per heavy atom. The van der Waals surface area contributed by atoms with Crippen molar-refractivity contribution in [1.82, 2.24) is 4.90 Å². The summed E-state index contributed by atoms with van der Waals surface area (Å²) in [4.78, 5) is 12.6. The first kappa shape index (κ1) is 14.9. The lowest BCUT2D eigenvalue weighted by Crippen LogP contribution is -2.23. The van der Waals surface area contributed by atoms with Crippen LogP contribution in [0.2, 0.25) is 0 Å². The quantitative estimate of drug-likeness (QED) is 0.829. The first-order valence-electron chi connectivity index (χ1n) is 6.06. The zero-order valence-electron chi connectivity index (χ0n) is 11.4. The molecule has 0 fully saturated rings. The molecule has 0 heterocycles. The second-order valence-corrected chi connectivity index (χ2v) is 5.06. The average Bonchev–Trinajstić information content (AvgIpc) is 2.35. The van der Waals surface area contributed by atoms with E-state index in [4.69, 9.17) is 4.74 Å². The zero-order chi connectivity index (χ0) is 13.7. The minimum atomic E-state index is -0.214. The Labute approximate surface area is 115 Å². The summed E-state index contributed by atoms with van der Waals surface area (Å²) in [7, 11) is 3.41. The van der Waals surface area contributed by atoms with Crippen molar-refractivity contribution < 1.29 is 9.53 Å². The summed E-state index contributed by atoms with van der Waals surface area (Å²) in [6.07, 6.45) is 0.770. The van der Waals surface area contributed by atoms with Crippen LogP contribution in [0.5, 0.6) is 5.75 Å². The maximum Gasteiger partial charge on any atom is 0.278 e. The van der Waals surface area contributed by atoms with Gasteiger partial charge in [0.15, 0.2) is 0 Å². The van der Waals surface area contributed by atoms with Crippen LogP contribution < -0.4 is 4.74 Å². The number of methoxy groups -OCH3 is 1. The van der Waals surface area contributed by atoms with E-state index in [9.17, 15) is 4.79 Å². The maximum atomic E-state index is 11.1. The Morgan fingerprint density at radius 2 is 2.11 bits per heavy atom. The molecule has 1 rings (SSSR count). The highest BCUT2D eigenvalue weighted by Crippen LogP contribution is 2.24. The van der Waals surface area contributed by atoms with Crippen LogP contribution in [0, 0.1) is 0 Å². The van der Waals surface area contributed by atoms with Crippen molar-refractivity contribution in [2.24, 2.45) is 0 Å². The van der Waals surface area contributed by atoms with Crippen LogP contribution >= 0.6 is 12.6 Å². The molecule has 0 aliphatic carbocycles. The normalized spacial score (nSPS) is 10.6. The molecule has 3 nitrogen and oxygen atoms in total. The minimum absolute atomic E-state index is 0.214. The SMILES string of the molecule is COc1ccc(C(C)C)cc1CCN(C)C(=O)S. The lowest BCUT2D eigenvalue weighted by Gasteiger charge is -2.16. The topological polar surface area (TPSA) is 29.5 Å². The first-order chi connectivity index (χ1) is 8.45. The molecule has 0 saturated heterocycles. The Bertz CT molecular complexity index is 418. The Hall–Kier alpha value is -1.16. The second kappa shape index (κ2) is 6.69. The number of hydrogen-bond donors (Lipinski definition) is 1. The number of carbonyl (C=O) groups is 1. The van der Waals surface area contributed by atoms with Crippen LogP contribution in [-0.4, -0.2) is 30.8 Å². The zero-order valence-corrected chi connectivity index (χ0v) is 12.3. The molecule has 0 N–H and O–H groups in total. The van der Waals surface area contributed by atoms with E-state index in [0.717, 1.165) is 17.7 Å². The number of amides is 1. The predicted octanol–water partition coefficient (Wildman–Crippen LogP) is 3.34. The van der Waals surface area contributed by atoms with Crippen LogP contribution in [0.25, 0.3) is 0 Å². The molecule has 1 aromatic carbocycles. The Morgan fingerprint density at radius 3 is 2.61 bits per heavy atom. The number of hydrogen-bond acceptors (Lipinski definition) is 2. The Kier molecular flexibility index (Phi) is 5.54. The summed E-state index contributed by atoms with van der Waals surface area (Å²) in [6, 6.07) is 6.23. The van der Waals surface area contributed by atoms with Gasteiger partial charge in [0.1, 0.15) is 5.75 Å². The lowest BCUT2D eigenvalue weighted by molar-refractivity contribution is 0.234. The third kappa shape index (κ3) is 3.95. The summed E-state index contributed by atoms with van der Waals surface area (Å²) < 4.78 is 5.35. The number of likely N-dealkylation sites (N-methyl/N-ethyl adjacent to an activating group) is 1. The highest BCUT2D eigenvalue weighted by Gasteiger charge is 2.09. The summed E-state index contributed by atoms with van der Waals surface area (Å²) in [5, 5.41) is -0.214. The van der Waals surface area contributed by atoms with E-state index in [1.165, 1.54) is 5.56 Å². The number of nitrogens with zero attached hydrogens (tertiary/aromatic N) is 1. The number of ether oxygens (including phenoxy) is 1. The van der Waals surface area contributed by atoms with Crippen molar-refractivity contribution >= 4 is 17.9 Å². The van der Waals surface area contributed by atoms with Gasteiger partial charge in [0, 0.05) is 13.6 Å². The van der Waals surface area contributed by atoms with E-state index in [2.05, 4.69) is 38.6 Å². The number of carbonyl (C=O) groups excluding carboxylic acids is 1. The maximum absolute atomic E-state index is 11.1. The molecule has 0 spiro atoms. The highest BCUT2D eigenvalue weighted by atomic mass is 32.1. The molecule has 0 radical (unpaired) electrons. The van der Waals surface area contributed by atoms with Crippen molar-refractivity contribution in [3.8, 4) is 5.75 Å². The molecule has 0 bridgehead atoms. The number of rotatable bonds is 5. The van der Waals surface area contributed by atoms with Crippen molar-refractivity contribution in [2.45, 2.75) is 26.2 Å². The van der Waals surface area contributed by atoms with Crippen LogP contribution in [-0.2, 0) is 6.42 Å². The molecule has 18 heavy (non-hydrogen) atoms. The van der Waals surface area contributed by atoms with Gasteiger partial charge < -0.3 is 9.64 Å². The van der Waals surface area contributed by atoms with Gasteiger partial charge in [-0.25, -0.2) is 0 Å². The molecule has 0 atom stereocenters. The molecule has 0 aromatic heterocycles. The third-order valence-corrected chi connectivity index (χ3v) is 3.36. The molecule has 0 aliphatic heterocycles. The molecule has 4 heteroatoms. The van der Waals surface area contributed by atoms with E-state index in [1.54, 1.807) is 19.1 Å². The van der Waals surface area contributed by atoms with Gasteiger partial charge in [0.25, 0.3) is 5.24 Å². The molecular formula is C14H21NO2S. The monoisotopic (exact) mass is 267 g/mol. The molecular weight excluding hydrogens is 246 g/mol. The van der Waals surface area contributed by atoms with Gasteiger partial charge in [0.05, 0.1) is 7.11 Å². The van der Waals surface area contributed by atoms with Crippen molar-refractivity contribution in [3.63, 3.8) is 0 Å². The fourth-order valence-corrected chi connectivity index (χ4v) is 1.84. The smallest absolute Gasteiger partial charge is 0.278 e. The number of thiol groups is 1. The van der Waals surface area contributed by atoms with Gasteiger partial charge in [-0.05, 0) is 29.5 Å². The summed E-state index contributed by atoms with van der Waals surface area (Å²) in [6.45, 7) is 4.96. The van der Waals surface area contributed by atoms with E-state index in [0.29, 0.717) is 12.5 Å². The van der Waals surface area contributed by atoms with Gasteiger partial charge >= 0.3 is 0 Å². The fraction of sp³-hybridized carbons (Fsp3) is 0.500. The van der Waals surface area contributed by atoms with E-state index in [1.807, 2.05) is 6.07 Å². The van der Waals surface area contributed by atoms with Gasteiger partial charge in [-0.2, -0.15) is 0 Å². The minimum Gasteiger partial charge on any atom is -0.496 e. The van der Waals surface area contributed by atoms with Crippen LogP contribution in [0.4, 0.5) is 4.79 Å². The molecule has 1 amide bonds. The molecule has 100 valence electrons. The molecule has 0 unspecified atom stereocenters. The van der Waals surface area contributed by atoms with Gasteiger partial charge in [-0.1, -0.05) is 38.6 Å². The molecule has 0 aliphatic rings. The van der Waals surface area contributed by atoms with Gasteiger partial charge in [-0.15, -0.1) is 0 Å². The average molecular weight is 267 g/mol. The fourth-order valence-electron chi connectivity index (χ4n) is 1.74.